The first-order chi connectivity index (χ1) is 14.2. The molecule has 0 bridgehead atoms. The Morgan fingerprint density at radius 3 is 2.48 bits per heavy atom. The molecule has 2 aromatic carbocycles. The van der Waals surface area contributed by atoms with Crippen LogP contribution in [0.5, 0.6) is 0 Å². The van der Waals surface area contributed by atoms with Crippen LogP contribution in [-0.4, -0.2) is 53.0 Å². The van der Waals surface area contributed by atoms with Gasteiger partial charge in [0.15, 0.2) is 5.96 Å². The minimum absolute atomic E-state index is 0.405. The second-order valence-corrected chi connectivity index (χ2v) is 9.10. The summed E-state index contributed by atoms with van der Waals surface area (Å²) in [5.74, 6) is 1.36. The van der Waals surface area contributed by atoms with Gasteiger partial charge in [-0.05, 0) is 37.5 Å². The monoisotopic (exact) mass is 412 g/mol. The molecule has 0 amide bonds. The number of nitrogens with one attached hydrogen (secondary N) is 2. The van der Waals surface area contributed by atoms with Gasteiger partial charge < -0.3 is 10.6 Å². The largest absolute Gasteiger partial charge is 0.355 e. The van der Waals surface area contributed by atoms with Crippen molar-refractivity contribution in [3.05, 3.63) is 66.2 Å². The van der Waals surface area contributed by atoms with E-state index >= 15 is 0 Å². The summed E-state index contributed by atoms with van der Waals surface area (Å²) in [7, 11) is 0.799. The summed E-state index contributed by atoms with van der Waals surface area (Å²) in [5, 5.41) is 6.86. The van der Waals surface area contributed by atoms with E-state index in [1.54, 1.807) is 7.05 Å². The standard InChI is InChI=1S/C23H32N4OS/c1-19-17-21(13-15-27(19)18-20-9-5-3-6-10-20)26-23(24-2)25-14-16-29(28)22-11-7-4-8-12-22/h3-12,19,21H,13-18H2,1-2H3,(H2,24,25,26). The van der Waals surface area contributed by atoms with Crippen LogP contribution in [0, 0.1) is 0 Å². The van der Waals surface area contributed by atoms with Gasteiger partial charge in [0.05, 0.1) is 10.8 Å². The van der Waals surface area contributed by atoms with Gasteiger partial charge in [-0.1, -0.05) is 48.5 Å². The first kappa shape index (κ1) is 21.5. The average Bonchev–Trinajstić information content (AvgIpc) is 2.76. The lowest BCUT2D eigenvalue weighted by molar-refractivity contribution is 0.134. The molecule has 0 aliphatic carbocycles. The van der Waals surface area contributed by atoms with E-state index in [0.717, 1.165) is 36.8 Å². The normalized spacial score (nSPS) is 21.5. The number of rotatable bonds is 7. The molecule has 0 aromatic heterocycles. The quantitative estimate of drug-likeness (QED) is 0.542. The third-order valence-electron chi connectivity index (χ3n) is 5.39. The van der Waals surface area contributed by atoms with Crippen molar-refractivity contribution >= 4 is 16.8 Å². The summed E-state index contributed by atoms with van der Waals surface area (Å²) in [6.45, 7) is 5.01. The molecule has 6 heteroatoms. The highest BCUT2D eigenvalue weighted by Gasteiger charge is 2.25. The Hall–Kier alpha value is -2.18. The fourth-order valence-electron chi connectivity index (χ4n) is 3.74. The molecular formula is C23H32N4OS. The summed E-state index contributed by atoms with van der Waals surface area (Å²) in [6, 6.07) is 21.2. The van der Waals surface area contributed by atoms with Crippen LogP contribution in [-0.2, 0) is 17.3 Å². The SMILES string of the molecule is CN=C(NCCS(=O)c1ccccc1)NC1CCN(Cc2ccccc2)C(C)C1. The van der Waals surface area contributed by atoms with Gasteiger partial charge in [-0.15, -0.1) is 0 Å². The zero-order chi connectivity index (χ0) is 20.5. The molecule has 0 spiro atoms. The van der Waals surface area contributed by atoms with Crippen molar-refractivity contribution in [1.82, 2.24) is 15.5 Å². The number of guanidine groups is 1. The lowest BCUT2D eigenvalue weighted by Gasteiger charge is -2.38. The number of hydrogen-bond acceptors (Lipinski definition) is 3. The van der Waals surface area contributed by atoms with Crippen molar-refractivity contribution in [2.75, 3.05) is 25.9 Å². The van der Waals surface area contributed by atoms with Crippen LogP contribution in [0.15, 0.2) is 70.6 Å². The van der Waals surface area contributed by atoms with Crippen molar-refractivity contribution in [3.63, 3.8) is 0 Å². The molecule has 3 atom stereocenters. The van der Waals surface area contributed by atoms with E-state index in [1.165, 1.54) is 5.56 Å². The predicted octanol–water partition coefficient (Wildman–Crippen LogP) is 3.01. The topological polar surface area (TPSA) is 56.7 Å². The van der Waals surface area contributed by atoms with E-state index in [9.17, 15) is 4.21 Å². The minimum atomic E-state index is -0.990. The molecule has 1 aliphatic rings. The molecule has 3 unspecified atom stereocenters. The molecule has 2 aromatic rings. The van der Waals surface area contributed by atoms with E-state index in [-0.39, 0.29) is 0 Å². The van der Waals surface area contributed by atoms with Crippen molar-refractivity contribution in [3.8, 4) is 0 Å². The molecule has 0 saturated carbocycles. The Balaban J connectivity index is 1.41. The fourth-order valence-corrected chi connectivity index (χ4v) is 4.73. The molecule has 2 N–H and O–H groups in total. The van der Waals surface area contributed by atoms with Crippen LogP contribution in [0.2, 0.25) is 0 Å². The Kier molecular flexibility index (Phi) is 8.25. The van der Waals surface area contributed by atoms with Crippen LogP contribution < -0.4 is 10.6 Å². The molecule has 156 valence electrons. The Morgan fingerprint density at radius 2 is 1.83 bits per heavy atom. The lowest BCUT2D eigenvalue weighted by atomic mass is 9.97. The third kappa shape index (κ3) is 6.68. The molecule has 5 nitrogen and oxygen atoms in total. The third-order valence-corrected chi connectivity index (χ3v) is 6.77. The van der Waals surface area contributed by atoms with Gasteiger partial charge in [-0.3, -0.25) is 14.1 Å². The molecule has 1 aliphatic heterocycles. The van der Waals surface area contributed by atoms with Gasteiger partial charge in [-0.25, -0.2) is 0 Å². The maximum absolute atomic E-state index is 12.3. The summed E-state index contributed by atoms with van der Waals surface area (Å²) < 4.78 is 12.3. The molecule has 1 saturated heterocycles. The minimum Gasteiger partial charge on any atom is -0.355 e. The van der Waals surface area contributed by atoms with Crippen LogP contribution in [0.1, 0.15) is 25.3 Å². The van der Waals surface area contributed by atoms with Crippen LogP contribution in [0.4, 0.5) is 0 Å². The van der Waals surface area contributed by atoms with Gasteiger partial charge >= 0.3 is 0 Å². The van der Waals surface area contributed by atoms with Gasteiger partial charge in [0.2, 0.25) is 0 Å². The predicted molar refractivity (Wildman–Crippen MR) is 122 cm³/mol. The number of nitrogens with zero attached hydrogens (tertiary/aromatic N) is 2. The Bertz CT molecular complexity index is 797. The Labute approximate surface area is 177 Å². The maximum atomic E-state index is 12.3. The van der Waals surface area contributed by atoms with E-state index in [2.05, 4.69) is 57.8 Å². The van der Waals surface area contributed by atoms with E-state index in [4.69, 9.17) is 0 Å². The first-order valence-electron chi connectivity index (χ1n) is 10.3. The lowest BCUT2D eigenvalue weighted by Crippen LogP contribution is -2.51. The average molecular weight is 413 g/mol. The number of likely N-dealkylation sites (tertiary alicyclic amines) is 1. The van der Waals surface area contributed by atoms with Crippen LogP contribution >= 0.6 is 0 Å². The second kappa shape index (κ2) is 11.1. The molecule has 1 heterocycles. The zero-order valence-corrected chi connectivity index (χ0v) is 18.2. The molecule has 3 rings (SSSR count). The highest BCUT2D eigenvalue weighted by atomic mass is 32.2. The molecule has 29 heavy (non-hydrogen) atoms. The fraction of sp³-hybridized carbons (Fsp3) is 0.435. The Morgan fingerprint density at radius 1 is 1.14 bits per heavy atom. The summed E-state index contributed by atoms with van der Waals surface area (Å²) in [5.41, 5.74) is 1.37. The number of benzene rings is 2. The summed E-state index contributed by atoms with van der Waals surface area (Å²) in [6.07, 6.45) is 2.18. The van der Waals surface area contributed by atoms with E-state index in [0.29, 0.717) is 24.4 Å². The number of hydrogen-bond donors (Lipinski definition) is 2. The maximum Gasteiger partial charge on any atom is 0.191 e. The van der Waals surface area contributed by atoms with Crippen LogP contribution in [0.3, 0.4) is 0 Å². The number of piperidine rings is 1. The summed E-state index contributed by atoms with van der Waals surface area (Å²) in [4.78, 5) is 7.77. The van der Waals surface area contributed by atoms with Gasteiger partial charge in [0, 0.05) is 49.4 Å². The van der Waals surface area contributed by atoms with Gasteiger partial charge in [0.25, 0.3) is 0 Å². The van der Waals surface area contributed by atoms with Crippen molar-refractivity contribution in [1.29, 1.82) is 0 Å². The molecule has 1 fully saturated rings. The van der Waals surface area contributed by atoms with Gasteiger partial charge in [0.1, 0.15) is 0 Å². The van der Waals surface area contributed by atoms with E-state index in [1.807, 2.05) is 30.3 Å². The van der Waals surface area contributed by atoms with Crippen molar-refractivity contribution in [2.24, 2.45) is 4.99 Å². The van der Waals surface area contributed by atoms with Crippen LogP contribution in [0.25, 0.3) is 0 Å². The zero-order valence-electron chi connectivity index (χ0n) is 17.4. The molecule has 0 radical (unpaired) electrons. The van der Waals surface area contributed by atoms with Gasteiger partial charge in [-0.2, -0.15) is 0 Å². The molecular weight excluding hydrogens is 380 g/mol. The summed E-state index contributed by atoms with van der Waals surface area (Å²) >= 11 is 0. The van der Waals surface area contributed by atoms with Crippen molar-refractivity contribution in [2.45, 2.75) is 43.3 Å². The number of aliphatic imine (C=N–C) groups is 1. The van der Waals surface area contributed by atoms with E-state index < -0.39 is 10.8 Å². The smallest absolute Gasteiger partial charge is 0.191 e. The second-order valence-electron chi connectivity index (χ2n) is 7.53. The first-order valence-corrected chi connectivity index (χ1v) is 11.7. The highest BCUT2D eigenvalue weighted by Crippen LogP contribution is 2.19. The van der Waals surface area contributed by atoms with Crippen molar-refractivity contribution < 1.29 is 4.21 Å². The highest BCUT2D eigenvalue weighted by molar-refractivity contribution is 7.85.